The quantitative estimate of drug-likeness (QED) is 0.783. The maximum absolute atomic E-state index is 12.2. The number of likely N-dealkylation sites (tertiary alicyclic amines) is 1. The lowest BCUT2D eigenvalue weighted by atomic mass is 10.0. The fraction of sp³-hybridized carbons (Fsp3) is 0.467. The van der Waals surface area contributed by atoms with Gasteiger partial charge in [0.1, 0.15) is 0 Å². The predicted octanol–water partition coefficient (Wildman–Crippen LogP) is 0.468. The molecule has 1 atom stereocenters. The molecule has 0 unspecified atom stereocenters. The highest BCUT2D eigenvalue weighted by Gasteiger charge is 2.27. The van der Waals surface area contributed by atoms with E-state index in [-0.39, 0.29) is 23.9 Å². The number of hydrogen-bond donors (Lipinski definition) is 2. The van der Waals surface area contributed by atoms with Crippen molar-refractivity contribution in [2.45, 2.75) is 25.3 Å². The van der Waals surface area contributed by atoms with Crippen LogP contribution < -0.4 is 4.72 Å². The molecule has 0 saturated carbocycles. The van der Waals surface area contributed by atoms with Gasteiger partial charge >= 0.3 is 5.97 Å². The molecule has 1 amide bonds. The second-order valence-electron chi connectivity index (χ2n) is 5.68. The maximum Gasteiger partial charge on any atom is 0.335 e. The van der Waals surface area contributed by atoms with Gasteiger partial charge in [-0.2, -0.15) is 0 Å². The minimum atomic E-state index is -3.28. The summed E-state index contributed by atoms with van der Waals surface area (Å²) >= 11 is 0. The van der Waals surface area contributed by atoms with Crippen molar-refractivity contribution in [3.63, 3.8) is 0 Å². The minimum Gasteiger partial charge on any atom is -0.478 e. The van der Waals surface area contributed by atoms with Gasteiger partial charge in [0, 0.05) is 25.6 Å². The first-order chi connectivity index (χ1) is 10.8. The summed E-state index contributed by atoms with van der Waals surface area (Å²) in [7, 11) is -3.28. The number of aromatic carboxylic acids is 1. The lowest BCUT2D eigenvalue weighted by Gasteiger charge is -2.17. The second kappa shape index (κ2) is 7.10. The third-order valence-electron chi connectivity index (χ3n) is 3.78. The van der Waals surface area contributed by atoms with E-state index in [0.717, 1.165) is 6.26 Å². The summed E-state index contributed by atoms with van der Waals surface area (Å²) in [6, 6.07) is 6.36. The number of carboxylic acid groups (broad SMARTS) is 1. The first-order valence-electron chi connectivity index (χ1n) is 7.32. The Morgan fingerprint density at radius 2 is 2.04 bits per heavy atom. The first-order valence-corrected chi connectivity index (χ1v) is 9.21. The molecule has 1 saturated heterocycles. The molecule has 1 aromatic carbocycles. The lowest BCUT2D eigenvalue weighted by molar-refractivity contribution is -0.130. The van der Waals surface area contributed by atoms with Gasteiger partial charge in [0.15, 0.2) is 0 Å². The third kappa shape index (κ3) is 5.04. The van der Waals surface area contributed by atoms with Gasteiger partial charge < -0.3 is 10.0 Å². The van der Waals surface area contributed by atoms with Crippen LogP contribution in [-0.4, -0.2) is 55.7 Å². The zero-order valence-electron chi connectivity index (χ0n) is 12.9. The summed E-state index contributed by atoms with van der Waals surface area (Å²) in [5.74, 6) is -1.10. The Balaban J connectivity index is 1.90. The van der Waals surface area contributed by atoms with Crippen LogP contribution in [0.1, 0.15) is 28.8 Å². The van der Waals surface area contributed by atoms with Crippen LogP contribution in [0.4, 0.5) is 0 Å². The van der Waals surface area contributed by atoms with Crippen LogP contribution in [0.3, 0.4) is 0 Å². The molecule has 0 aliphatic carbocycles. The number of benzene rings is 1. The Bertz CT molecular complexity index is 702. The average molecular weight is 340 g/mol. The lowest BCUT2D eigenvalue weighted by Crippen LogP contribution is -2.37. The van der Waals surface area contributed by atoms with Gasteiger partial charge in [0.25, 0.3) is 0 Å². The van der Waals surface area contributed by atoms with Crippen LogP contribution in [0.25, 0.3) is 0 Å². The SMILES string of the molecule is CS(=O)(=O)N[C@@H]1CCN(C(=O)CCc2ccccc2C(=O)O)C1. The monoisotopic (exact) mass is 340 g/mol. The van der Waals surface area contributed by atoms with Gasteiger partial charge in [-0.3, -0.25) is 4.79 Å². The fourth-order valence-electron chi connectivity index (χ4n) is 2.73. The minimum absolute atomic E-state index is 0.0945. The highest BCUT2D eigenvalue weighted by atomic mass is 32.2. The van der Waals surface area contributed by atoms with Crippen molar-refractivity contribution in [3.8, 4) is 0 Å². The molecule has 7 nitrogen and oxygen atoms in total. The smallest absolute Gasteiger partial charge is 0.335 e. The summed E-state index contributed by atoms with van der Waals surface area (Å²) < 4.78 is 24.9. The van der Waals surface area contributed by atoms with E-state index in [4.69, 9.17) is 5.11 Å². The van der Waals surface area contributed by atoms with Crippen molar-refractivity contribution in [2.75, 3.05) is 19.3 Å². The topological polar surface area (TPSA) is 104 Å². The van der Waals surface area contributed by atoms with Crippen molar-refractivity contribution in [1.82, 2.24) is 9.62 Å². The van der Waals surface area contributed by atoms with Gasteiger partial charge in [-0.05, 0) is 24.5 Å². The number of rotatable bonds is 6. The Morgan fingerprint density at radius 1 is 1.35 bits per heavy atom. The highest BCUT2D eigenvalue weighted by molar-refractivity contribution is 7.88. The standard InChI is InChI=1S/C15H20N2O5S/c1-23(21,22)16-12-8-9-17(10-12)14(18)7-6-11-4-2-3-5-13(11)15(19)20/h2-5,12,16H,6-10H2,1H3,(H,19,20)/t12-/m1/s1. The molecular weight excluding hydrogens is 320 g/mol. The number of carbonyl (C=O) groups is 2. The van der Waals surface area contributed by atoms with E-state index in [1.165, 1.54) is 6.07 Å². The van der Waals surface area contributed by atoms with Gasteiger partial charge in [0.2, 0.25) is 15.9 Å². The average Bonchev–Trinajstić information content (AvgIpc) is 2.91. The van der Waals surface area contributed by atoms with Crippen LogP contribution in [0.15, 0.2) is 24.3 Å². The number of hydrogen-bond acceptors (Lipinski definition) is 4. The fourth-order valence-corrected chi connectivity index (χ4v) is 3.53. The van der Waals surface area contributed by atoms with Crippen LogP contribution in [-0.2, 0) is 21.2 Å². The molecule has 1 fully saturated rings. The van der Waals surface area contributed by atoms with E-state index in [2.05, 4.69) is 4.72 Å². The van der Waals surface area contributed by atoms with Crippen LogP contribution in [0.5, 0.6) is 0 Å². The van der Waals surface area contributed by atoms with E-state index in [0.29, 0.717) is 31.5 Å². The van der Waals surface area contributed by atoms with E-state index in [1.807, 2.05) is 0 Å². The van der Waals surface area contributed by atoms with Gasteiger partial charge in [0.05, 0.1) is 11.8 Å². The van der Waals surface area contributed by atoms with Crippen molar-refractivity contribution in [1.29, 1.82) is 0 Å². The van der Waals surface area contributed by atoms with Crippen LogP contribution in [0.2, 0.25) is 0 Å². The van der Waals surface area contributed by atoms with Crippen LogP contribution >= 0.6 is 0 Å². The van der Waals surface area contributed by atoms with Gasteiger partial charge in [-0.15, -0.1) is 0 Å². The molecule has 1 aliphatic rings. The molecule has 0 spiro atoms. The van der Waals surface area contributed by atoms with Gasteiger partial charge in [-0.1, -0.05) is 18.2 Å². The number of aryl methyl sites for hydroxylation is 1. The summed E-state index contributed by atoms with van der Waals surface area (Å²) in [5.41, 5.74) is 0.830. The second-order valence-corrected chi connectivity index (χ2v) is 7.46. The normalized spacial score (nSPS) is 18.1. The van der Waals surface area contributed by atoms with Gasteiger partial charge in [-0.25, -0.2) is 17.9 Å². The largest absolute Gasteiger partial charge is 0.478 e. The number of sulfonamides is 1. The number of nitrogens with one attached hydrogen (secondary N) is 1. The van der Waals surface area contributed by atoms with Crippen LogP contribution in [0, 0.1) is 0 Å². The Hall–Kier alpha value is -1.93. The molecule has 1 heterocycles. The molecule has 126 valence electrons. The Morgan fingerprint density at radius 3 is 2.70 bits per heavy atom. The Kier molecular flexibility index (Phi) is 5.38. The van der Waals surface area contributed by atoms with E-state index < -0.39 is 16.0 Å². The number of amides is 1. The molecule has 2 rings (SSSR count). The molecule has 1 aromatic rings. The highest BCUT2D eigenvalue weighted by Crippen LogP contribution is 2.15. The molecule has 1 aliphatic heterocycles. The van der Waals surface area contributed by atoms with Crippen molar-refractivity contribution >= 4 is 21.9 Å². The third-order valence-corrected chi connectivity index (χ3v) is 4.54. The molecule has 0 bridgehead atoms. The zero-order chi connectivity index (χ0) is 17.0. The molecule has 0 radical (unpaired) electrons. The summed E-state index contributed by atoms with van der Waals surface area (Å²) in [4.78, 5) is 25.0. The van der Waals surface area contributed by atoms with Crippen molar-refractivity contribution in [2.24, 2.45) is 0 Å². The predicted molar refractivity (Wildman–Crippen MR) is 84.7 cm³/mol. The zero-order valence-corrected chi connectivity index (χ0v) is 13.7. The Labute approximate surface area is 135 Å². The van der Waals surface area contributed by atoms with Crippen molar-refractivity contribution in [3.05, 3.63) is 35.4 Å². The number of nitrogens with zero attached hydrogens (tertiary/aromatic N) is 1. The van der Waals surface area contributed by atoms with E-state index in [9.17, 15) is 18.0 Å². The number of carboxylic acids is 1. The summed E-state index contributed by atoms with van der Waals surface area (Å²) in [6.45, 7) is 0.860. The summed E-state index contributed by atoms with van der Waals surface area (Å²) in [6.07, 6.45) is 2.24. The summed E-state index contributed by atoms with van der Waals surface area (Å²) in [5, 5.41) is 9.12. The maximum atomic E-state index is 12.2. The molecule has 2 N–H and O–H groups in total. The first kappa shape index (κ1) is 17.4. The molecular formula is C15H20N2O5S. The molecule has 0 aromatic heterocycles. The van der Waals surface area contributed by atoms with E-state index >= 15 is 0 Å². The van der Waals surface area contributed by atoms with Crippen molar-refractivity contribution < 1.29 is 23.1 Å². The number of carbonyl (C=O) groups excluding carboxylic acids is 1. The molecule has 23 heavy (non-hydrogen) atoms. The molecule has 8 heteroatoms. The van der Waals surface area contributed by atoms with E-state index in [1.54, 1.807) is 23.1 Å².